The van der Waals surface area contributed by atoms with E-state index in [1.54, 1.807) is 29.1 Å². The zero-order chi connectivity index (χ0) is 13.7. The molecule has 1 saturated heterocycles. The third kappa shape index (κ3) is 2.03. The van der Waals surface area contributed by atoms with E-state index in [1.165, 1.54) is 0 Å². The van der Waals surface area contributed by atoms with Gasteiger partial charge in [-0.3, -0.25) is 0 Å². The Morgan fingerprint density at radius 3 is 2.89 bits per heavy atom. The van der Waals surface area contributed by atoms with Gasteiger partial charge in [-0.25, -0.2) is 13.1 Å². The van der Waals surface area contributed by atoms with Gasteiger partial charge >= 0.3 is 0 Å². The minimum atomic E-state index is -3.00. The maximum atomic E-state index is 11.7. The van der Waals surface area contributed by atoms with Gasteiger partial charge in [0, 0.05) is 6.07 Å². The first-order valence-corrected chi connectivity index (χ1v) is 7.82. The lowest BCUT2D eigenvalue weighted by Gasteiger charge is -2.23. The van der Waals surface area contributed by atoms with Crippen molar-refractivity contribution in [1.82, 2.24) is 9.78 Å². The highest BCUT2D eigenvalue weighted by molar-refractivity contribution is 7.91. The van der Waals surface area contributed by atoms with Crippen molar-refractivity contribution >= 4 is 15.7 Å². The number of furan rings is 1. The highest BCUT2D eigenvalue weighted by Gasteiger charge is 2.41. The van der Waals surface area contributed by atoms with Crippen molar-refractivity contribution in [3.8, 4) is 11.5 Å². The molecule has 1 unspecified atom stereocenters. The molecule has 6 nitrogen and oxygen atoms in total. The Bertz CT molecular complexity index is 703. The summed E-state index contributed by atoms with van der Waals surface area (Å²) in [6.07, 6.45) is 2.09. The molecular weight excluding hydrogens is 266 g/mol. The minimum Gasteiger partial charge on any atom is -0.463 e. The largest absolute Gasteiger partial charge is 0.463 e. The first kappa shape index (κ1) is 12.3. The SMILES string of the molecule is CC1(n2nc(-c3ccco3)cc2N)CCS(=O)(=O)C1. The van der Waals surface area contributed by atoms with E-state index in [1.807, 2.05) is 6.92 Å². The summed E-state index contributed by atoms with van der Waals surface area (Å²) < 4.78 is 30.2. The van der Waals surface area contributed by atoms with E-state index < -0.39 is 15.4 Å². The van der Waals surface area contributed by atoms with E-state index in [-0.39, 0.29) is 11.5 Å². The molecule has 1 aliphatic rings. The zero-order valence-electron chi connectivity index (χ0n) is 10.5. The first-order valence-electron chi connectivity index (χ1n) is 6.00. The van der Waals surface area contributed by atoms with E-state index >= 15 is 0 Å². The van der Waals surface area contributed by atoms with Crippen molar-refractivity contribution in [1.29, 1.82) is 0 Å². The Labute approximate surface area is 111 Å². The van der Waals surface area contributed by atoms with E-state index in [0.717, 1.165) is 0 Å². The summed E-state index contributed by atoms with van der Waals surface area (Å²) in [6.45, 7) is 1.87. The van der Waals surface area contributed by atoms with Gasteiger partial charge < -0.3 is 10.2 Å². The molecular formula is C12H15N3O3S. The van der Waals surface area contributed by atoms with Crippen LogP contribution in [0.1, 0.15) is 13.3 Å². The molecule has 0 radical (unpaired) electrons. The summed E-state index contributed by atoms with van der Waals surface area (Å²) >= 11 is 0. The molecule has 0 amide bonds. The van der Waals surface area contributed by atoms with Crippen molar-refractivity contribution in [3.63, 3.8) is 0 Å². The first-order chi connectivity index (χ1) is 8.90. The van der Waals surface area contributed by atoms with Crippen LogP contribution in [-0.2, 0) is 15.4 Å². The third-order valence-corrected chi connectivity index (χ3v) is 5.39. The molecule has 2 N–H and O–H groups in total. The van der Waals surface area contributed by atoms with Crippen molar-refractivity contribution in [3.05, 3.63) is 24.5 Å². The lowest BCUT2D eigenvalue weighted by Crippen LogP contribution is -2.33. The molecule has 0 aromatic carbocycles. The molecule has 19 heavy (non-hydrogen) atoms. The summed E-state index contributed by atoms with van der Waals surface area (Å²) in [5.74, 6) is 1.32. The van der Waals surface area contributed by atoms with Gasteiger partial charge in [-0.2, -0.15) is 5.10 Å². The van der Waals surface area contributed by atoms with Gasteiger partial charge in [0.25, 0.3) is 0 Å². The highest BCUT2D eigenvalue weighted by Crippen LogP contribution is 2.33. The quantitative estimate of drug-likeness (QED) is 0.894. The van der Waals surface area contributed by atoms with Crippen LogP contribution in [0.15, 0.2) is 28.9 Å². The Hall–Kier alpha value is -1.76. The second-order valence-corrected chi connectivity index (χ2v) is 7.37. The maximum Gasteiger partial charge on any atom is 0.154 e. The van der Waals surface area contributed by atoms with Crippen LogP contribution in [0, 0.1) is 0 Å². The van der Waals surface area contributed by atoms with E-state index in [4.69, 9.17) is 10.2 Å². The third-order valence-electron chi connectivity index (χ3n) is 3.50. The van der Waals surface area contributed by atoms with Crippen molar-refractivity contribution < 1.29 is 12.8 Å². The number of hydrogen-bond donors (Lipinski definition) is 1. The molecule has 2 aromatic rings. The molecule has 1 aliphatic heterocycles. The zero-order valence-corrected chi connectivity index (χ0v) is 11.4. The van der Waals surface area contributed by atoms with Crippen LogP contribution in [0.3, 0.4) is 0 Å². The molecule has 7 heteroatoms. The normalized spacial score (nSPS) is 25.7. The van der Waals surface area contributed by atoms with Crippen LogP contribution in [0.4, 0.5) is 5.82 Å². The summed E-state index contributed by atoms with van der Waals surface area (Å²) in [6, 6.07) is 5.27. The molecule has 2 aromatic heterocycles. The standard InChI is InChI=1S/C12H15N3O3S/c1-12(4-6-19(16,17)8-12)15-11(13)7-9(14-15)10-3-2-5-18-10/h2-3,5,7H,4,6,8,13H2,1H3. The average molecular weight is 281 g/mol. The Morgan fingerprint density at radius 1 is 1.53 bits per heavy atom. The van der Waals surface area contributed by atoms with Crippen molar-refractivity contribution in [2.75, 3.05) is 17.2 Å². The van der Waals surface area contributed by atoms with Gasteiger partial charge in [0.1, 0.15) is 11.5 Å². The van der Waals surface area contributed by atoms with E-state index in [0.29, 0.717) is 23.7 Å². The number of nitrogen functional groups attached to an aromatic ring is 1. The molecule has 1 atom stereocenters. The molecule has 102 valence electrons. The van der Waals surface area contributed by atoms with Gasteiger partial charge in [-0.15, -0.1) is 0 Å². The Kier molecular flexibility index (Phi) is 2.50. The van der Waals surface area contributed by atoms with Crippen LogP contribution in [0.5, 0.6) is 0 Å². The van der Waals surface area contributed by atoms with E-state index in [2.05, 4.69) is 5.10 Å². The van der Waals surface area contributed by atoms with Crippen LogP contribution in [0.25, 0.3) is 11.5 Å². The number of nitrogens with two attached hydrogens (primary N) is 1. The van der Waals surface area contributed by atoms with Gasteiger partial charge in [-0.1, -0.05) is 0 Å². The summed E-state index contributed by atoms with van der Waals surface area (Å²) in [4.78, 5) is 0. The van der Waals surface area contributed by atoms with Crippen LogP contribution >= 0.6 is 0 Å². The van der Waals surface area contributed by atoms with E-state index in [9.17, 15) is 8.42 Å². The predicted molar refractivity (Wildman–Crippen MR) is 71.3 cm³/mol. The number of hydrogen-bond acceptors (Lipinski definition) is 5. The van der Waals surface area contributed by atoms with Crippen LogP contribution in [-0.4, -0.2) is 29.7 Å². The molecule has 0 saturated carbocycles. The maximum absolute atomic E-state index is 11.7. The average Bonchev–Trinajstić information content (AvgIpc) is 2.98. The molecule has 3 rings (SSSR count). The number of aromatic nitrogens is 2. The van der Waals surface area contributed by atoms with Gasteiger partial charge in [0.05, 0.1) is 23.3 Å². The molecule has 1 fully saturated rings. The van der Waals surface area contributed by atoms with Gasteiger partial charge in [-0.05, 0) is 25.5 Å². The Balaban J connectivity index is 2.03. The second kappa shape index (κ2) is 3.86. The van der Waals surface area contributed by atoms with Crippen molar-refractivity contribution in [2.24, 2.45) is 0 Å². The molecule has 3 heterocycles. The number of anilines is 1. The minimum absolute atomic E-state index is 0.0729. The van der Waals surface area contributed by atoms with Crippen LogP contribution in [0.2, 0.25) is 0 Å². The monoisotopic (exact) mass is 281 g/mol. The summed E-state index contributed by atoms with van der Waals surface area (Å²) in [5, 5.41) is 4.41. The topological polar surface area (TPSA) is 91.1 Å². The second-order valence-electron chi connectivity index (χ2n) is 5.18. The lowest BCUT2D eigenvalue weighted by atomic mass is 10.0. The fourth-order valence-electron chi connectivity index (χ4n) is 2.53. The molecule has 0 aliphatic carbocycles. The number of nitrogens with zero attached hydrogens (tertiary/aromatic N) is 2. The fraction of sp³-hybridized carbons (Fsp3) is 0.417. The summed E-state index contributed by atoms with van der Waals surface area (Å²) in [5.41, 5.74) is 6.01. The summed E-state index contributed by atoms with van der Waals surface area (Å²) in [7, 11) is -3.00. The fourth-order valence-corrected chi connectivity index (χ4v) is 4.64. The van der Waals surface area contributed by atoms with Crippen molar-refractivity contribution in [2.45, 2.75) is 18.9 Å². The number of rotatable bonds is 2. The van der Waals surface area contributed by atoms with Crippen LogP contribution < -0.4 is 5.73 Å². The predicted octanol–water partition coefficient (Wildman–Crippen LogP) is 1.26. The number of sulfone groups is 1. The molecule has 0 spiro atoms. The van der Waals surface area contributed by atoms with Gasteiger partial charge in [0.15, 0.2) is 15.6 Å². The Morgan fingerprint density at radius 2 is 2.32 bits per heavy atom. The van der Waals surface area contributed by atoms with Gasteiger partial charge in [0.2, 0.25) is 0 Å². The smallest absolute Gasteiger partial charge is 0.154 e. The lowest BCUT2D eigenvalue weighted by molar-refractivity contribution is 0.334. The molecule has 0 bridgehead atoms. The highest BCUT2D eigenvalue weighted by atomic mass is 32.2.